The second-order valence-electron chi connectivity index (χ2n) is 8.26. The zero-order valence-corrected chi connectivity index (χ0v) is 15.6. The van der Waals surface area contributed by atoms with Gasteiger partial charge in [0.05, 0.1) is 16.6 Å². The maximum Gasteiger partial charge on any atom is 0.498 e. The largest absolute Gasteiger partial charge is 0.498 e. The lowest BCUT2D eigenvalue weighted by Crippen LogP contribution is -2.43. The van der Waals surface area contributed by atoms with Gasteiger partial charge in [-0.1, -0.05) is 0 Å². The number of hydrogen-bond acceptors (Lipinski definition) is 6. The number of anilines is 1. The van der Waals surface area contributed by atoms with Gasteiger partial charge in [0, 0.05) is 30.9 Å². The van der Waals surface area contributed by atoms with Crippen LogP contribution in [0.3, 0.4) is 0 Å². The molecule has 2 aliphatic rings. The summed E-state index contributed by atoms with van der Waals surface area (Å²) in [6.45, 7) is 11.1. The first kappa shape index (κ1) is 18.1. The van der Waals surface area contributed by atoms with E-state index in [-0.39, 0.29) is 0 Å². The van der Waals surface area contributed by atoms with Crippen LogP contribution in [0.5, 0.6) is 0 Å². The molecule has 2 saturated heterocycles. The Morgan fingerprint density at radius 1 is 1.08 bits per heavy atom. The molecule has 8 heteroatoms. The van der Waals surface area contributed by atoms with Crippen LogP contribution in [0, 0.1) is 5.41 Å². The quantitative estimate of drug-likeness (QED) is 0.829. The highest BCUT2D eigenvalue weighted by Gasteiger charge is 2.52. The van der Waals surface area contributed by atoms with Gasteiger partial charge in [-0.05, 0) is 47.5 Å². The molecule has 3 heterocycles. The predicted molar refractivity (Wildman–Crippen MR) is 94.9 cm³/mol. The van der Waals surface area contributed by atoms with Crippen LogP contribution in [0.2, 0.25) is 0 Å². The Morgan fingerprint density at radius 2 is 1.56 bits per heavy atom. The number of piperidine rings is 1. The fourth-order valence-corrected chi connectivity index (χ4v) is 3.01. The van der Waals surface area contributed by atoms with Gasteiger partial charge < -0.3 is 19.3 Å². The zero-order valence-electron chi connectivity index (χ0n) is 15.6. The Bertz CT molecular complexity index is 638. The van der Waals surface area contributed by atoms with E-state index < -0.39 is 29.7 Å². The lowest BCUT2D eigenvalue weighted by atomic mass is 9.80. The molecule has 0 spiro atoms. The molecular formula is C17H26BN3O4. The lowest BCUT2D eigenvalue weighted by molar-refractivity contribution is -0.149. The highest BCUT2D eigenvalue weighted by atomic mass is 16.7. The van der Waals surface area contributed by atoms with Crippen LogP contribution in [-0.2, 0) is 14.1 Å². The molecule has 0 radical (unpaired) electrons. The molecule has 25 heavy (non-hydrogen) atoms. The van der Waals surface area contributed by atoms with Crippen molar-refractivity contribution in [3.63, 3.8) is 0 Å². The first-order chi connectivity index (χ1) is 11.5. The third-order valence-corrected chi connectivity index (χ3v) is 5.85. The van der Waals surface area contributed by atoms with Crippen LogP contribution < -0.4 is 10.4 Å². The molecule has 1 aromatic heterocycles. The van der Waals surface area contributed by atoms with Crippen LogP contribution in [0.25, 0.3) is 0 Å². The fourth-order valence-electron chi connectivity index (χ4n) is 3.01. The molecule has 3 rings (SSSR count). The van der Waals surface area contributed by atoms with Crippen LogP contribution in [0.4, 0.5) is 5.95 Å². The van der Waals surface area contributed by atoms with Crippen molar-refractivity contribution in [3.8, 4) is 0 Å². The summed E-state index contributed by atoms with van der Waals surface area (Å²) < 4.78 is 12.0. The van der Waals surface area contributed by atoms with Crippen molar-refractivity contribution >= 4 is 24.5 Å². The molecule has 0 atom stereocenters. The molecule has 0 amide bonds. The van der Waals surface area contributed by atoms with E-state index in [2.05, 4.69) is 9.97 Å². The summed E-state index contributed by atoms with van der Waals surface area (Å²) in [6, 6.07) is 0. The van der Waals surface area contributed by atoms with E-state index in [1.165, 1.54) is 0 Å². The maximum absolute atomic E-state index is 11.3. The van der Waals surface area contributed by atoms with Gasteiger partial charge in [0.2, 0.25) is 5.95 Å². The zero-order chi connectivity index (χ0) is 18.5. The van der Waals surface area contributed by atoms with Crippen molar-refractivity contribution in [2.24, 2.45) is 5.41 Å². The predicted octanol–water partition coefficient (Wildman–Crippen LogP) is 1.47. The fraction of sp³-hybridized carbons (Fsp3) is 0.706. The summed E-state index contributed by atoms with van der Waals surface area (Å²) in [6.07, 6.45) is 4.64. The monoisotopic (exact) mass is 347 g/mol. The van der Waals surface area contributed by atoms with E-state index in [9.17, 15) is 9.90 Å². The van der Waals surface area contributed by atoms with Crippen LogP contribution in [-0.4, -0.2) is 52.5 Å². The summed E-state index contributed by atoms with van der Waals surface area (Å²) in [5, 5.41) is 9.32. The molecular weight excluding hydrogens is 321 g/mol. The average molecular weight is 347 g/mol. The standard InChI is InChI=1S/C17H26BN3O4/c1-15(2)16(3,4)25-18(24-15)12-10-19-14(20-11-12)21-8-6-17(5,7-9-21)13(22)23/h10-11H,6-9H2,1-5H3,(H,22,23). The van der Waals surface area contributed by atoms with Crippen molar-refractivity contribution in [1.29, 1.82) is 0 Å². The molecule has 0 aromatic carbocycles. The second-order valence-corrected chi connectivity index (χ2v) is 8.26. The van der Waals surface area contributed by atoms with Gasteiger partial charge in [-0.15, -0.1) is 0 Å². The van der Waals surface area contributed by atoms with Crippen molar-refractivity contribution in [1.82, 2.24) is 9.97 Å². The minimum atomic E-state index is -0.732. The minimum absolute atomic E-state index is 0.398. The van der Waals surface area contributed by atoms with Crippen molar-refractivity contribution < 1.29 is 19.2 Å². The average Bonchev–Trinajstić information content (AvgIpc) is 2.76. The van der Waals surface area contributed by atoms with E-state index in [1.807, 2.05) is 32.6 Å². The van der Waals surface area contributed by atoms with Gasteiger partial charge in [-0.25, -0.2) is 9.97 Å². The number of rotatable bonds is 3. The van der Waals surface area contributed by atoms with Crippen molar-refractivity contribution in [2.45, 2.75) is 58.7 Å². The maximum atomic E-state index is 11.3. The number of aromatic nitrogens is 2. The Morgan fingerprint density at radius 3 is 2.00 bits per heavy atom. The van der Waals surface area contributed by atoms with Crippen LogP contribution >= 0.6 is 0 Å². The molecule has 7 nitrogen and oxygen atoms in total. The van der Waals surface area contributed by atoms with Crippen molar-refractivity contribution in [2.75, 3.05) is 18.0 Å². The van der Waals surface area contributed by atoms with E-state index in [0.29, 0.717) is 31.9 Å². The third-order valence-electron chi connectivity index (χ3n) is 5.85. The van der Waals surface area contributed by atoms with Crippen LogP contribution in [0.15, 0.2) is 12.4 Å². The molecule has 1 aromatic rings. The molecule has 0 unspecified atom stereocenters. The van der Waals surface area contributed by atoms with E-state index in [1.54, 1.807) is 19.3 Å². The van der Waals surface area contributed by atoms with Gasteiger partial charge >= 0.3 is 13.1 Å². The highest BCUT2D eigenvalue weighted by molar-refractivity contribution is 6.61. The SMILES string of the molecule is CC1(C(=O)O)CCN(c2ncc(B3OC(C)(C)C(C)(C)O3)cn2)CC1. The number of carbonyl (C=O) groups is 1. The summed E-state index contributed by atoms with van der Waals surface area (Å²) in [4.78, 5) is 22.2. The van der Waals surface area contributed by atoms with Gasteiger partial charge in [0.1, 0.15) is 0 Å². The number of nitrogens with zero attached hydrogens (tertiary/aromatic N) is 3. The number of carboxylic acid groups (broad SMARTS) is 1. The summed E-state index contributed by atoms with van der Waals surface area (Å²) in [7, 11) is -0.476. The number of hydrogen-bond donors (Lipinski definition) is 1. The number of carboxylic acids is 1. The van der Waals surface area contributed by atoms with Gasteiger partial charge in [0.15, 0.2) is 0 Å². The minimum Gasteiger partial charge on any atom is -0.481 e. The Kier molecular flexibility index (Phi) is 4.32. The topological polar surface area (TPSA) is 84.8 Å². The third kappa shape index (κ3) is 3.25. The molecule has 1 N–H and O–H groups in total. The van der Waals surface area contributed by atoms with Gasteiger partial charge in [-0.2, -0.15) is 0 Å². The summed E-state index contributed by atoms with van der Waals surface area (Å²) in [5.41, 5.74) is -0.663. The Labute approximate surface area is 148 Å². The molecule has 0 saturated carbocycles. The summed E-state index contributed by atoms with van der Waals surface area (Å²) >= 11 is 0. The lowest BCUT2D eigenvalue weighted by Gasteiger charge is -2.36. The summed E-state index contributed by atoms with van der Waals surface area (Å²) in [5.74, 6) is -0.114. The molecule has 136 valence electrons. The smallest absolute Gasteiger partial charge is 0.481 e. The Hall–Kier alpha value is -1.67. The highest BCUT2D eigenvalue weighted by Crippen LogP contribution is 2.36. The Balaban J connectivity index is 1.67. The molecule has 2 fully saturated rings. The van der Waals surface area contributed by atoms with Gasteiger partial charge in [-0.3, -0.25) is 4.79 Å². The van der Waals surface area contributed by atoms with Crippen LogP contribution in [0.1, 0.15) is 47.5 Å². The van der Waals surface area contributed by atoms with E-state index >= 15 is 0 Å². The van der Waals surface area contributed by atoms with E-state index in [0.717, 1.165) is 5.46 Å². The molecule has 0 aliphatic carbocycles. The van der Waals surface area contributed by atoms with Gasteiger partial charge in [0.25, 0.3) is 0 Å². The number of aliphatic carboxylic acids is 1. The normalized spacial score (nSPS) is 24.4. The first-order valence-electron chi connectivity index (χ1n) is 8.70. The second kappa shape index (κ2) is 5.95. The molecule has 2 aliphatic heterocycles. The first-order valence-corrected chi connectivity index (χ1v) is 8.70. The van der Waals surface area contributed by atoms with E-state index in [4.69, 9.17) is 9.31 Å². The molecule has 0 bridgehead atoms. The van der Waals surface area contributed by atoms with Crippen molar-refractivity contribution in [3.05, 3.63) is 12.4 Å².